The Bertz CT molecular complexity index is 1420. The second-order valence-corrected chi connectivity index (χ2v) is 11.2. The zero-order valence-electron chi connectivity index (χ0n) is 19.5. The monoisotopic (exact) mass is 631 g/mol. The van der Waals surface area contributed by atoms with Gasteiger partial charge in [0.1, 0.15) is 19.0 Å². The van der Waals surface area contributed by atoms with Crippen LogP contribution in [-0.4, -0.2) is 40.4 Å². The number of carbonyl (C=O) groups excluding carboxylic acids is 1. The molecular weight excluding hydrogens is 612 g/mol. The Morgan fingerprint density at radius 2 is 1.86 bits per heavy atom. The van der Waals surface area contributed by atoms with Crippen molar-refractivity contribution < 1.29 is 27.1 Å². The molecule has 0 unspecified atom stereocenters. The lowest BCUT2D eigenvalue weighted by molar-refractivity contribution is -0.119. The van der Waals surface area contributed by atoms with Gasteiger partial charge < -0.3 is 9.47 Å². The van der Waals surface area contributed by atoms with E-state index in [-0.39, 0.29) is 12.3 Å². The molecule has 0 atom stereocenters. The summed E-state index contributed by atoms with van der Waals surface area (Å²) in [4.78, 5) is 12.4. The van der Waals surface area contributed by atoms with E-state index in [9.17, 15) is 17.6 Å². The van der Waals surface area contributed by atoms with Crippen LogP contribution in [0.15, 0.2) is 64.2 Å². The topological polar surface area (TPSA) is 97.3 Å². The van der Waals surface area contributed by atoms with E-state index in [1.165, 1.54) is 25.5 Å². The van der Waals surface area contributed by atoms with E-state index in [0.717, 1.165) is 28.3 Å². The van der Waals surface area contributed by atoms with Gasteiger partial charge in [-0.1, -0.05) is 29.3 Å². The maximum absolute atomic E-state index is 13.2. The highest BCUT2D eigenvalue weighted by molar-refractivity contribution is 9.10. The van der Waals surface area contributed by atoms with Gasteiger partial charge in [0.15, 0.2) is 11.5 Å². The highest BCUT2D eigenvalue weighted by atomic mass is 79.9. The summed E-state index contributed by atoms with van der Waals surface area (Å²) < 4.78 is 50.2. The van der Waals surface area contributed by atoms with Crippen LogP contribution in [0.4, 0.5) is 10.1 Å². The first kappa shape index (κ1) is 28.7. The van der Waals surface area contributed by atoms with Crippen molar-refractivity contribution in [3.05, 3.63) is 86.1 Å². The van der Waals surface area contributed by atoms with E-state index >= 15 is 0 Å². The first-order chi connectivity index (χ1) is 17.5. The molecule has 0 aliphatic rings. The van der Waals surface area contributed by atoms with Crippen LogP contribution in [-0.2, 0) is 21.4 Å². The molecule has 196 valence electrons. The minimum atomic E-state index is -3.81. The average Bonchev–Trinajstić information content (AvgIpc) is 2.82. The molecular formula is C24H21BrCl2FN3O5S. The summed E-state index contributed by atoms with van der Waals surface area (Å²) in [6.45, 7) is -0.381. The van der Waals surface area contributed by atoms with Crippen LogP contribution in [0.1, 0.15) is 11.1 Å². The van der Waals surface area contributed by atoms with Crippen molar-refractivity contribution in [2.45, 2.75) is 6.61 Å². The van der Waals surface area contributed by atoms with Crippen LogP contribution >= 0.6 is 39.1 Å². The van der Waals surface area contributed by atoms with Gasteiger partial charge in [0, 0.05) is 15.6 Å². The predicted octanol–water partition coefficient (Wildman–Crippen LogP) is 5.40. The van der Waals surface area contributed by atoms with Gasteiger partial charge in [-0.2, -0.15) is 5.10 Å². The van der Waals surface area contributed by atoms with Crippen molar-refractivity contribution in [2.24, 2.45) is 5.10 Å². The van der Waals surface area contributed by atoms with E-state index < -0.39 is 28.3 Å². The molecule has 0 saturated carbocycles. The summed E-state index contributed by atoms with van der Waals surface area (Å²) in [6.07, 6.45) is 2.30. The molecule has 3 aromatic carbocycles. The third-order valence-electron chi connectivity index (χ3n) is 4.84. The summed E-state index contributed by atoms with van der Waals surface area (Å²) in [5.74, 6) is -0.403. The highest BCUT2D eigenvalue weighted by Crippen LogP contribution is 2.37. The summed E-state index contributed by atoms with van der Waals surface area (Å²) >= 11 is 15.6. The van der Waals surface area contributed by atoms with E-state index in [4.69, 9.17) is 32.7 Å². The summed E-state index contributed by atoms with van der Waals surface area (Å²) in [6, 6.07) is 13.2. The molecule has 1 N–H and O–H groups in total. The van der Waals surface area contributed by atoms with Crippen LogP contribution < -0.4 is 19.2 Å². The van der Waals surface area contributed by atoms with Gasteiger partial charge in [-0.05, 0) is 70.0 Å². The Morgan fingerprint density at radius 3 is 2.49 bits per heavy atom. The Kier molecular flexibility index (Phi) is 9.77. The van der Waals surface area contributed by atoms with Gasteiger partial charge in [-0.3, -0.25) is 9.10 Å². The molecule has 3 aromatic rings. The zero-order chi connectivity index (χ0) is 27.2. The number of hydrogen-bond acceptors (Lipinski definition) is 6. The van der Waals surface area contributed by atoms with E-state index in [2.05, 4.69) is 26.5 Å². The van der Waals surface area contributed by atoms with Gasteiger partial charge in [-0.25, -0.2) is 18.2 Å². The number of sulfonamides is 1. The lowest BCUT2D eigenvalue weighted by Crippen LogP contribution is -2.39. The van der Waals surface area contributed by atoms with Gasteiger partial charge >= 0.3 is 0 Å². The fraction of sp³-hybridized carbons (Fsp3) is 0.167. The van der Waals surface area contributed by atoms with E-state index in [1.807, 2.05) is 0 Å². The highest BCUT2D eigenvalue weighted by Gasteiger charge is 2.21. The minimum Gasteiger partial charge on any atom is -0.493 e. The number of methoxy groups -OCH3 is 1. The molecule has 0 saturated heterocycles. The van der Waals surface area contributed by atoms with Crippen molar-refractivity contribution in [3.63, 3.8) is 0 Å². The van der Waals surface area contributed by atoms with Crippen LogP contribution in [0.5, 0.6) is 11.5 Å². The number of benzene rings is 3. The number of hydrazone groups is 1. The first-order valence-electron chi connectivity index (χ1n) is 10.5. The Hall–Kier alpha value is -2.86. The van der Waals surface area contributed by atoms with Crippen molar-refractivity contribution in [1.29, 1.82) is 0 Å². The molecule has 0 spiro atoms. The standard InChI is InChI=1S/C24H21BrCl2FN3O5S/c1-35-22-10-15(9-20(25)24(22)36-14-16-3-4-17(26)11-21(16)27)12-29-30-23(32)13-31(37(2,33)34)19-7-5-18(28)6-8-19/h3-12H,13-14H2,1-2H3,(H,30,32)/b29-12-. The maximum atomic E-state index is 13.2. The van der Waals surface area contributed by atoms with Crippen molar-refractivity contribution in [1.82, 2.24) is 5.43 Å². The summed E-state index contributed by atoms with van der Waals surface area (Å²) in [5.41, 5.74) is 3.72. The number of ether oxygens (including phenoxy) is 2. The third kappa shape index (κ3) is 8.06. The van der Waals surface area contributed by atoms with Gasteiger partial charge in [0.25, 0.3) is 5.91 Å². The second-order valence-electron chi connectivity index (χ2n) is 7.60. The maximum Gasteiger partial charge on any atom is 0.260 e. The largest absolute Gasteiger partial charge is 0.493 e. The molecule has 0 aliphatic heterocycles. The molecule has 37 heavy (non-hydrogen) atoms. The predicted molar refractivity (Wildman–Crippen MR) is 146 cm³/mol. The van der Waals surface area contributed by atoms with Crippen LogP contribution in [0.2, 0.25) is 10.0 Å². The van der Waals surface area contributed by atoms with Crippen molar-refractivity contribution >= 4 is 67.0 Å². The van der Waals surface area contributed by atoms with Crippen molar-refractivity contribution in [3.8, 4) is 11.5 Å². The number of nitrogens with zero attached hydrogens (tertiary/aromatic N) is 2. The Labute approximate surface area is 232 Å². The fourth-order valence-electron chi connectivity index (χ4n) is 3.10. The molecule has 3 rings (SSSR count). The van der Waals surface area contributed by atoms with Gasteiger partial charge in [0.2, 0.25) is 10.0 Å². The fourth-order valence-corrected chi connectivity index (χ4v) is 4.99. The van der Waals surface area contributed by atoms with Gasteiger partial charge in [0.05, 0.1) is 29.7 Å². The third-order valence-corrected chi connectivity index (χ3v) is 7.16. The van der Waals surface area contributed by atoms with E-state index in [1.54, 1.807) is 30.3 Å². The lowest BCUT2D eigenvalue weighted by atomic mass is 10.2. The SMILES string of the molecule is COc1cc(/C=N\NC(=O)CN(c2ccc(F)cc2)S(C)(=O)=O)cc(Br)c1OCc1ccc(Cl)cc1Cl. The van der Waals surface area contributed by atoms with Crippen molar-refractivity contribution in [2.75, 3.05) is 24.2 Å². The quantitative estimate of drug-likeness (QED) is 0.239. The number of hydrogen-bond donors (Lipinski definition) is 1. The second kappa shape index (κ2) is 12.6. The lowest BCUT2D eigenvalue weighted by Gasteiger charge is -2.21. The first-order valence-corrected chi connectivity index (χ1v) is 13.9. The minimum absolute atomic E-state index is 0.146. The molecule has 0 aromatic heterocycles. The number of anilines is 1. The number of amides is 1. The van der Waals surface area contributed by atoms with Gasteiger partial charge in [-0.15, -0.1) is 0 Å². The number of carbonyl (C=O) groups is 1. The number of nitrogens with one attached hydrogen (secondary N) is 1. The number of rotatable bonds is 10. The molecule has 13 heteroatoms. The molecule has 8 nitrogen and oxygen atoms in total. The molecule has 1 amide bonds. The van der Waals surface area contributed by atoms with Crippen LogP contribution in [0, 0.1) is 5.82 Å². The Balaban J connectivity index is 1.68. The molecule has 0 heterocycles. The zero-order valence-corrected chi connectivity index (χ0v) is 23.5. The van der Waals surface area contributed by atoms with E-state index in [0.29, 0.717) is 31.6 Å². The molecule has 0 fully saturated rings. The molecule has 0 bridgehead atoms. The molecule has 0 radical (unpaired) electrons. The average molecular weight is 633 g/mol. The summed E-state index contributed by atoms with van der Waals surface area (Å²) in [5, 5.41) is 4.88. The van der Waals surface area contributed by atoms with Crippen LogP contribution in [0.3, 0.4) is 0 Å². The molecule has 0 aliphatic carbocycles. The smallest absolute Gasteiger partial charge is 0.260 e. The Morgan fingerprint density at radius 1 is 1.16 bits per heavy atom. The summed E-state index contributed by atoms with van der Waals surface area (Å²) in [7, 11) is -2.33. The normalized spacial score (nSPS) is 11.4. The van der Waals surface area contributed by atoms with Crippen LogP contribution in [0.25, 0.3) is 0 Å². The number of halogens is 4.